The number of hydrogen-bond acceptors (Lipinski definition) is 3. The van der Waals surface area contributed by atoms with Crippen LogP contribution in [0.2, 0.25) is 5.02 Å². The maximum Gasteiger partial charge on any atom is 0.123 e. The molecule has 5 heteroatoms. The van der Waals surface area contributed by atoms with Crippen molar-refractivity contribution in [1.29, 1.82) is 0 Å². The molecule has 1 aromatic heterocycles. The van der Waals surface area contributed by atoms with E-state index in [1.807, 2.05) is 24.3 Å². The van der Waals surface area contributed by atoms with Crippen molar-refractivity contribution in [3.05, 3.63) is 39.9 Å². The highest BCUT2D eigenvalue weighted by Crippen LogP contribution is 2.41. The molecular weight excluding hydrogens is 313 g/mol. The van der Waals surface area contributed by atoms with Gasteiger partial charge in [-0.15, -0.1) is 23.7 Å². The number of halogens is 2. The summed E-state index contributed by atoms with van der Waals surface area (Å²) in [6.45, 7) is 5.09. The largest absolute Gasteiger partial charge is 0.369 e. The zero-order valence-electron chi connectivity index (χ0n) is 11.5. The highest BCUT2D eigenvalue weighted by molar-refractivity contribution is 7.15. The summed E-state index contributed by atoms with van der Waals surface area (Å²) in [7, 11) is 0. The number of fused-ring (bicyclic) bond motifs is 1. The summed E-state index contributed by atoms with van der Waals surface area (Å²) in [5.41, 5.74) is 2.16. The summed E-state index contributed by atoms with van der Waals surface area (Å²) in [4.78, 5) is 6.07. The Balaban J connectivity index is 0.00000147. The molecule has 0 radical (unpaired) electrons. The van der Waals surface area contributed by atoms with E-state index in [-0.39, 0.29) is 18.0 Å². The van der Waals surface area contributed by atoms with Crippen LogP contribution in [0.15, 0.2) is 24.3 Å². The standard InChI is InChI=1S/C15H16ClNOS.ClH/c1-3-15(2)13-12(8-9-18-15)17-14(19-13)10-4-6-11(16)7-5-10;/h4-7H,3,8-9H2,1-2H3;1H. The summed E-state index contributed by atoms with van der Waals surface area (Å²) >= 11 is 7.68. The minimum absolute atomic E-state index is 0. The zero-order chi connectivity index (χ0) is 13.5. The number of rotatable bonds is 2. The van der Waals surface area contributed by atoms with Crippen molar-refractivity contribution in [3.63, 3.8) is 0 Å². The van der Waals surface area contributed by atoms with Crippen LogP contribution in [0, 0.1) is 0 Å². The quantitative estimate of drug-likeness (QED) is 0.766. The number of aromatic nitrogens is 1. The van der Waals surface area contributed by atoms with Gasteiger partial charge in [0, 0.05) is 17.0 Å². The fraction of sp³-hybridized carbons (Fsp3) is 0.400. The van der Waals surface area contributed by atoms with Crippen LogP contribution in [0.4, 0.5) is 0 Å². The van der Waals surface area contributed by atoms with Gasteiger partial charge in [-0.2, -0.15) is 0 Å². The third-order valence-corrected chi connectivity index (χ3v) is 5.35. The van der Waals surface area contributed by atoms with Gasteiger partial charge in [0.2, 0.25) is 0 Å². The summed E-state index contributed by atoms with van der Waals surface area (Å²) in [6.07, 6.45) is 1.89. The molecule has 1 aromatic carbocycles. The van der Waals surface area contributed by atoms with E-state index in [1.165, 1.54) is 10.6 Å². The third kappa shape index (κ3) is 2.73. The van der Waals surface area contributed by atoms with Crippen molar-refractivity contribution in [1.82, 2.24) is 4.98 Å². The van der Waals surface area contributed by atoms with Crippen LogP contribution in [0.1, 0.15) is 30.8 Å². The van der Waals surface area contributed by atoms with Gasteiger partial charge >= 0.3 is 0 Å². The van der Waals surface area contributed by atoms with E-state index in [4.69, 9.17) is 21.3 Å². The average Bonchev–Trinajstić information content (AvgIpc) is 2.85. The van der Waals surface area contributed by atoms with Crippen molar-refractivity contribution in [3.8, 4) is 10.6 Å². The topological polar surface area (TPSA) is 22.1 Å². The normalized spacial score (nSPS) is 21.1. The van der Waals surface area contributed by atoms with Crippen molar-refractivity contribution in [2.24, 2.45) is 0 Å². The summed E-state index contributed by atoms with van der Waals surface area (Å²) in [5, 5.41) is 1.82. The maximum absolute atomic E-state index is 5.96. The van der Waals surface area contributed by atoms with E-state index in [2.05, 4.69) is 13.8 Å². The molecule has 0 N–H and O–H groups in total. The molecule has 1 aliphatic heterocycles. The Morgan fingerprint density at radius 1 is 1.35 bits per heavy atom. The molecule has 2 nitrogen and oxygen atoms in total. The van der Waals surface area contributed by atoms with E-state index >= 15 is 0 Å². The predicted octanol–water partition coefficient (Wildman–Crippen LogP) is 5.08. The van der Waals surface area contributed by atoms with Crippen LogP contribution in [-0.2, 0) is 16.8 Å². The van der Waals surface area contributed by atoms with E-state index in [0.717, 1.165) is 35.0 Å². The van der Waals surface area contributed by atoms with Gasteiger partial charge in [-0.1, -0.05) is 30.7 Å². The molecule has 0 saturated carbocycles. The molecule has 108 valence electrons. The smallest absolute Gasteiger partial charge is 0.123 e. The highest BCUT2D eigenvalue weighted by atomic mass is 35.5. The first kappa shape index (κ1) is 15.8. The molecule has 1 atom stereocenters. The Hall–Kier alpha value is -0.610. The Labute approximate surface area is 134 Å². The molecule has 3 rings (SSSR count). The van der Waals surface area contributed by atoms with Crippen molar-refractivity contribution >= 4 is 35.3 Å². The van der Waals surface area contributed by atoms with E-state index in [0.29, 0.717) is 0 Å². The lowest BCUT2D eigenvalue weighted by atomic mass is 9.96. The number of thiazole rings is 1. The minimum atomic E-state index is -0.171. The van der Waals surface area contributed by atoms with Crippen molar-refractivity contribution in [2.75, 3.05) is 6.61 Å². The lowest BCUT2D eigenvalue weighted by Gasteiger charge is -2.31. The second kappa shape index (κ2) is 6.02. The number of ether oxygens (including phenoxy) is 1. The monoisotopic (exact) mass is 329 g/mol. The highest BCUT2D eigenvalue weighted by Gasteiger charge is 2.34. The molecule has 0 bridgehead atoms. The Kier molecular flexibility index (Phi) is 4.75. The minimum Gasteiger partial charge on any atom is -0.369 e. The number of hydrogen-bond donors (Lipinski definition) is 0. The van der Waals surface area contributed by atoms with Gasteiger partial charge in [0.25, 0.3) is 0 Å². The molecule has 0 spiro atoms. The molecule has 0 saturated heterocycles. The van der Waals surface area contributed by atoms with Crippen LogP contribution in [0.25, 0.3) is 10.6 Å². The first-order valence-electron chi connectivity index (χ1n) is 6.52. The lowest BCUT2D eigenvalue weighted by Crippen LogP contribution is -2.30. The fourth-order valence-electron chi connectivity index (χ4n) is 2.35. The van der Waals surface area contributed by atoms with Crippen molar-refractivity contribution in [2.45, 2.75) is 32.3 Å². The third-order valence-electron chi connectivity index (χ3n) is 3.70. The van der Waals surface area contributed by atoms with Crippen LogP contribution >= 0.6 is 35.3 Å². The number of benzene rings is 1. The lowest BCUT2D eigenvalue weighted by molar-refractivity contribution is -0.0464. The molecule has 1 unspecified atom stereocenters. The van der Waals surface area contributed by atoms with Gasteiger partial charge in [0.15, 0.2) is 0 Å². The van der Waals surface area contributed by atoms with Crippen LogP contribution in [0.5, 0.6) is 0 Å². The summed E-state index contributed by atoms with van der Waals surface area (Å²) < 4.78 is 5.96. The van der Waals surface area contributed by atoms with Gasteiger partial charge < -0.3 is 4.74 Å². The van der Waals surface area contributed by atoms with Gasteiger partial charge in [0.05, 0.1) is 17.2 Å². The molecule has 0 amide bonds. The second-order valence-corrected chi connectivity index (χ2v) is 6.42. The van der Waals surface area contributed by atoms with Crippen LogP contribution < -0.4 is 0 Å². The van der Waals surface area contributed by atoms with Crippen LogP contribution in [0.3, 0.4) is 0 Å². The summed E-state index contributed by atoms with van der Waals surface area (Å²) in [5.74, 6) is 0. The first-order valence-corrected chi connectivity index (χ1v) is 7.72. The maximum atomic E-state index is 5.96. The SMILES string of the molecule is CCC1(C)OCCc2nc(-c3ccc(Cl)cc3)sc21.Cl. The second-order valence-electron chi connectivity index (χ2n) is 4.98. The van der Waals surface area contributed by atoms with Crippen LogP contribution in [-0.4, -0.2) is 11.6 Å². The van der Waals surface area contributed by atoms with Gasteiger partial charge in [-0.3, -0.25) is 0 Å². The average molecular weight is 330 g/mol. The fourth-order valence-corrected chi connectivity index (χ4v) is 3.77. The Morgan fingerprint density at radius 2 is 2.05 bits per heavy atom. The Morgan fingerprint density at radius 3 is 2.70 bits per heavy atom. The predicted molar refractivity (Wildman–Crippen MR) is 87.1 cm³/mol. The van der Waals surface area contributed by atoms with Gasteiger partial charge in [-0.05, 0) is 25.5 Å². The molecular formula is C15H17Cl2NOS. The summed E-state index contributed by atoms with van der Waals surface area (Å²) in [6, 6.07) is 7.87. The Bertz CT molecular complexity index is 596. The first-order chi connectivity index (χ1) is 9.12. The van der Waals surface area contributed by atoms with E-state index in [1.54, 1.807) is 11.3 Å². The van der Waals surface area contributed by atoms with Crippen molar-refractivity contribution < 1.29 is 4.74 Å². The molecule has 1 aliphatic rings. The number of nitrogens with zero attached hydrogens (tertiary/aromatic N) is 1. The molecule has 0 fully saturated rings. The van der Waals surface area contributed by atoms with Gasteiger partial charge in [0.1, 0.15) is 10.6 Å². The molecule has 2 heterocycles. The van der Waals surface area contributed by atoms with E-state index in [9.17, 15) is 0 Å². The van der Waals surface area contributed by atoms with E-state index < -0.39 is 0 Å². The molecule has 2 aromatic rings. The van der Waals surface area contributed by atoms with Gasteiger partial charge in [-0.25, -0.2) is 4.98 Å². The molecule has 20 heavy (non-hydrogen) atoms. The zero-order valence-corrected chi connectivity index (χ0v) is 13.9. The molecule has 0 aliphatic carbocycles.